The molecule has 190 valence electrons. The number of nitrogens with zero attached hydrogens (tertiary/aromatic N) is 4. The molecule has 10 nitrogen and oxygen atoms in total. The maximum atomic E-state index is 13.9. The highest BCUT2D eigenvalue weighted by molar-refractivity contribution is 5.95. The molecule has 0 spiro atoms. The number of carbonyl (C=O) groups is 1. The molecule has 0 bridgehead atoms. The van der Waals surface area contributed by atoms with Crippen LogP contribution in [0.2, 0.25) is 0 Å². The summed E-state index contributed by atoms with van der Waals surface area (Å²) in [4.78, 5) is 41.8. The lowest BCUT2D eigenvalue weighted by Crippen LogP contribution is -2.41. The van der Waals surface area contributed by atoms with Gasteiger partial charge in [0.2, 0.25) is 5.91 Å². The topological polar surface area (TPSA) is 142 Å². The predicted octanol–water partition coefficient (Wildman–Crippen LogP) is 2.80. The van der Waals surface area contributed by atoms with E-state index in [0.29, 0.717) is 29.9 Å². The van der Waals surface area contributed by atoms with Crippen LogP contribution in [0.1, 0.15) is 43.5 Å². The summed E-state index contributed by atoms with van der Waals surface area (Å²) in [5, 5.41) is 12.5. The van der Waals surface area contributed by atoms with Crippen LogP contribution in [-0.4, -0.2) is 33.1 Å². The number of nitriles is 1. The second-order valence-electron chi connectivity index (χ2n) is 8.42. The highest BCUT2D eigenvalue weighted by Crippen LogP contribution is 2.30. The van der Waals surface area contributed by atoms with E-state index in [1.165, 1.54) is 21.6 Å². The van der Waals surface area contributed by atoms with Gasteiger partial charge in [-0.15, -0.1) is 0 Å². The van der Waals surface area contributed by atoms with E-state index in [1.807, 2.05) is 6.92 Å². The van der Waals surface area contributed by atoms with Crippen LogP contribution in [0.5, 0.6) is 0 Å². The van der Waals surface area contributed by atoms with Gasteiger partial charge in [0.25, 0.3) is 5.56 Å². The van der Waals surface area contributed by atoms with Crippen LogP contribution in [0, 0.1) is 31.0 Å². The number of rotatable bonds is 9. The van der Waals surface area contributed by atoms with Crippen LogP contribution < -0.4 is 27.2 Å². The van der Waals surface area contributed by atoms with Crippen LogP contribution >= 0.6 is 0 Å². The Kier molecular flexibility index (Phi) is 7.99. The molecule has 0 unspecified atom stereocenters. The van der Waals surface area contributed by atoms with Gasteiger partial charge in [0, 0.05) is 18.8 Å². The number of unbranched alkanes of at least 4 members (excludes halogenated alkanes) is 1. The molecule has 0 saturated heterocycles. The summed E-state index contributed by atoms with van der Waals surface area (Å²) in [6.07, 6.45) is 1.51. The molecule has 0 aliphatic heterocycles. The van der Waals surface area contributed by atoms with Crippen molar-refractivity contribution in [2.24, 2.45) is 0 Å². The first kappa shape index (κ1) is 26.3. The van der Waals surface area contributed by atoms with E-state index >= 15 is 0 Å². The lowest BCUT2D eigenvalue weighted by molar-refractivity contribution is -0.115. The Morgan fingerprint density at radius 3 is 2.61 bits per heavy atom. The Hall–Kier alpha value is -4.33. The van der Waals surface area contributed by atoms with Gasteiger partial charge in [-0.3, -0.25) is 23.7 Å². The van der Waals surface area contributed by atoms with Crippen LogP contribution in [0.15, 0.2) is 33.9 Å². The number of nitrogen functional groups attached to an aromatic ring is 1. The molecule has 11 heteroatoms. The second kappa shape index (κ2) is 10.9. The first-order valence-electron chi connectivity index (χ1n) is 11.7. The zero-order valence-corrected chi connectivity index (χ0v) is 20.8. The SMILES string of the molecule is CCCCn1c(N)c(N(CC)CC(=O)Nc2c(C#N)c(C)c(C)n2-c2cccc(F)c2)c(=O)[nH]c1=O. The Morgan fingerprint density at radius 1 is 1.28 bits per heavy atom. The predicted molar refractivity (Wildman–Crippen MR) is 137 cm³/mol. The average Bonchev–Trinajstić information content (AvgIpc) is 3.06. The van der Waals surface area contributed by atoms with Crippen molar-refractivity contribution in [1.29, 1.82) is 5.26 Å². The number of benzene rings is 1. The van der Waals surface area contributed by atoms with Gasteiger partial charge in [0.05, 0.1) is 17.8 Å². The molecule has 2 heterocycles. The van der Waals surface area contributed by atoms with E-state index in [0.717, 1.165) is 6.42 Å². The van der Waals surface area contributed by atoms with E-state index in [-0.39, 0.29) is 36.0 Å². The van der Waals surface area contributed by atoms with Gasteiger partial charge >= 0.3 is 5.69 Å². The zero-order chi connectivity index (χ0) is 26.6. The van der Waals surface area contributed by atoms with Gasteiger partial charge in [0.15, 0.2) is 0 Å². The summed E-state index contributed by atoms with van der Waals surface area (Å²) < 4.78 is 16.8. The first-order chi connectivity index (χ1) is 17.1. The number of anilines is 3. The monoisotopic (exact) mass is 495 g/mol. The summed E-state index contributed by atoms with van der Waals surface area (Å²) in [5.74, 6) is -0.791. The van der Waals surface area contributed by atoms with Gasteiger partial charge in [-0.1, -0.05) is 19.4 Å². The number of likely N-dealkylation sites (N-methyl/N-ethyl adjacent to an activating group) is 1. The summed E-state index contributed by atoms with van der Waals surface area (Å²) in [6, 6.07) is 7.93. The minimum atomic E-state index is -0.688. The molecular formula is C25H30FN7O3. The summed E-state index contributed by atoms with van der Waals surface area (Å²) in [7, 11) is 0. The van der Waals surface area contributed by atoms with Crippen LogP contribution in [-0.2, 0) is 11.3 Å². The molecule has 1 amide bonds. The molecule has 4 N–H and O–H groups in total. The fourth-order valence-electron chi connectivity index (χ4n) is 4.11. The highest BCUT2D eigenvalue weighted by Gasteiger charge is 2.24. The standard InChI is InChI=1S/C25H30FN7O3/c1-5-7-11-32-22(28)21(24(35)30-25(32)36)31(6-2)14-20(34)29-23-19(13-27)15(3)16(4)33(23)18-10-8-9-17(26)12-18/h8-10,12H,5-7,11,14,28H2,1-4H3,(H,29,34)(H,30,35,36). The van der Waals surface area contributed by atoms with Crippen molar-refractivity contribution < 1.29 is 9.18 Å². The van der Waals surface area contributed by atoms with Crippen molar-refractivity contribution in [3.05, 3.63) is 67.7 Å². The second-order valence-corrected chi connectivity index (χ2v) is 8.42. The van der Waals surface area contributed by atoms with E-state index in [4.69, 9.17) is 5.73 Å². The van der Waals surface area contributed by atoms with Gasteiger partial charge in [-0.25, -0.2) is 9.18 Å². The number of H-pyrrole nitrogens is 1. The number of aromatic nitrogens is 3. The Morgan fingerprint density at radius 2 is 2.00 bits per heavy atom. The molecule has 3 rings (SSSR count). The van der Waals surface area contributed by atoms with Crippen molar-refractivity contribution in [1.82, 2.24) is 14.1 Å². The molecular weight excluding hydrogens is 465 g/mol. The van der Waals surface area contributed by atoms with Crippen molar-refractivity contribution in [3.63, 3.8) is 0 Å². The summed E-state index contributed by atoms with van der Waals surface area (Å²) in [6.45, 7) is 7.55. The van der Waals surface area contributed by atoms with Crippen LogP contribution in [0.3, 0.4) is 0 Å². The van der Waals surface area contributed by atoms with Crippen LogP contribution in [0.25, 0.3) is 5.69 Å². The molecule has 3 aromatic rings. The fourth-order valence-corrected chi connectivity index (χ4v) is 4.11. The highest BCUT2D eigenvalue weighted by atomic mass is 19.1. The van der Waals surface area contributed by atoms with Crippen LogP contribution in [0.4, 0.5) is 21.7 Å². The number of nitrogens with two attached hydrogens (primary N) is 1. The van der Waals surface area contributed by atoms with Crippen molar-refractivity contribution in [3.8, 4) is 11.8 Å². The minimum Gasteiger partial charge on any atom is -0.383 e. The van der Waals surface area contributed by atoms with Crippen molar-refractivity contribution >= 4 is 23.2 Å². The van der Waals surface area contributed by atoms with Gasteiger partial charge < -0.3 is 16.0 Å². The molecule has 0 aliphatic rings. The fraction of sp³-hybridized carbons (Fsp3) is 0.360. The molecule has 2 aromatic heterocycles. The van der Waals surface area contributed by atoms with E-state index in [9.17, 15) is 24.0 Å². The molecule has 0 aliphatic carbocycles. The smallest absolute Gasteiger partial charge is 0.330 e. The van der Waals surface area contributed by atoms with Gasteiger partial charge in [-0.05, 0) is 51.0 Å². The average molecular weight is 496 g/mol. The number of hydrogen-bond acceptors (Lipinski definition) is 6. The zero-order valence-electron chi connectivity index (χ0n) is 20.8. The third-order valence-electron chi connectivity index (χ3n) is 6.13. The number of hydrogen-bond donors (Lipinski definition) is 3. The number of amides is 1. The quantitative estimate of drug-likeness (QED) is 0.417. The molecule has 1 aromatic carbocycles. The first-order valence-corrected chi connectivity index (χ1v) is 11.7. The number of nitrogens with one attached hydrogen (secondary N) is 2. The van der Waals surface area contributed by atoms with Crippen molar-refractivity contribution in [2.75, 3.05) is 29.0 Å². The normalized spacial score (nSPS) is 10.8. The van der Waals surface area contributed by atoms with E-state index < -0.39 is 23.0 Å². The molecule has 0 saturated carbocycles. The van der Waals surface area contributed by atoms with E-state index in [2.05, 4.69) is 16.4 Å². The molecule has 36 heavy (non-hydrogen) atoms. The Labute approximate surface area is 207 Å². The third kappa shape index (κ3) is 5.02. The molecule has 0 atom stereocenters. The maximum Gasteiger partial charge on any atom is 0.330 e. The van der Waals surface area contributed by atoms with E-state index in [1.54, 1.807) is 37.5 Å². The van der Waals surface area contributed by atoms with Gasteiger partial charge in [0.1, 0.15) is 29.2 Å². The Bertz CT molecular complexity index is 1450. The van der Waals surface area contributed by atoms with Gasteiger partial charge in [-0.2, -0.15) is 5.26 Å². The maximum absolute atomic E-state index is 13.9. The lowest BCUT2D eigenvalue weighted by Gasteiger charge is -2.24. The Balaban J connectivity index is 1.99. The van der Waals surface area contributed by atoms with Crippen molar-refractivity contribution in [2.45, 2.75) is 47.1 Å². The largest absolute Gasteiger partial charge is 0.383 e. The molecule has 0 radical (unpaired) electrons. The minimum absolute atomic E-state index is 0.0145. The third-order valence-corrected chi connectivity index (χ3v) is 6.13. The molecule has 0 fully saturated rings. The number of halogens is 1. The summed E-state index contributed by atoms with van der Waals surface area (Å²) in [5.41, 5.74) is 6.95. The lowest BCUT2D eigenvalue weighted by atomic mass is 10.2. The number of aromatic amines is 1. The summed E-state index contributed by atoms with van der Waals surface area (Å²) >= 11 is 0. The number of carbonyl (C=O) groups excluding carboxylic acids is 1.